The lowest BCUT2D eigenvalue weighted by atomic mass is 9.99. The zero-order valence-electron chi connectivity index (χ0n) is 29.0. The molecule has 2 atom stereocenters. The summed E-state index contributed by atoms with van der Waals surface area (Å²) in [5.41, 5.74) is 5.84. The highest BCUT2D eigenvalue weighted by Crippen LogP contribution is 2.47. The first-order chi connectivity index (χ1) is 25.1. The molecule has 2 fully saturated rings. The number of halogens is 2. The molecular formula is C38H38Cl2N8O4. The number of aliphatic hydroxyl groups is 1. The molecule has 5 heterocycles. The van der Waals surface area contributed by atoms with Crippen LogP contribution in [0.5, 0.6) is 5.88 Å². The number of benzene rings is 2. The standard InChI is InChI=1S/C38H38Cl2N8O4/c1-21-16-23-18-41-46(2)36(50)31(23)34(42-21)43-27-9-5-7-25(33(27)40)24-6-4-8-26(32(24)39)28-17-22-10-11-29(30(22)35(44-28)52-3)47-13-12-38(19-47)20-48(14-15-49)37(51)45-38/h4-9,16-18,29,49H,10-15,19-20H2,1-3H3,(H,42,43)(H,45,51)/t29-,38+/m1/s1. The number of urea groups is 1. The number of hydrogen-bond donors (Lipinski definition) is 3. The number of pyridine rings is 2. The summed E-state index contributed by atoms with van der Waals surface area (Å²) in [5.74, 6) is 0.962. The normalized spacial score (nSPS) is 19.8. The Balaban J connectivity index is 1.10. The molecular weight excluding hydrogens is 703 g/mol. The second kappa shape index (κ2) is 13.3. The van der Waals surface area contributed by atoms with Crippen molar-refractivity contribution in [3.05, 3.63) is 91.9 Å². The van der Waals surface area contributed by atoms with Crippen LogP contribution in [-0.4, -0.2) is 86.1 Å². The smallest absolute Gasteiger partial charge is 0.318 e. The van der Waals surface area contributed by atoms with Crippen molar-refractivity contribution in [2.75, 3.05) is 45.2 Å². The van der Waals surface area contributed by atoms with E-state index in [0.717, 1.165) is 60.3 Å². The van der Waals surface area contributed by atoms with Gasteiger partial charge in [-0.25, -0.2) is 19.4 Å². The van der Waals surface area contributed by atoms with E-state index in [2.05, 4.69) is 31.7 Å². The van der Waals surface area contributed by atoms with Gasteiger partial charge in [-0.3, -0.25) is 9.69 Å². The topological polar surface area (TPSA) is 138 Å². The molecule has 3 aliphatic rings. The number of nitrogens with zero attached hydrogens (tertiary/aromatic N) is 6. The maximum atomic E-state index is 13.1. The van der Waals surface area contributed by atoms with Crippen molar-refractivity contribution >= 4 is 51.5 Å². The third kappa shape index (κ3) is 5.83. The van der Waals surface area contributed by atoms with Crippen molar-refractivity contribution in [3.63, 3.8) is 0 Å². The second-order valence-corrected chi connectivity index (χ2v) is 14.6. The molecule has 2 amide bonds. The van der Waals surface area contributed by atoms with E-state index in [0.29, 0.717) is 62.5 Å². The van der Waals surface area contributed by atoms with Gasteiger partial charge in [-0.1, -0.05) is 53.5 Å². The number of ether oxygens (including phenoxy) is 1. The largest absolute Gasteiger partial charge is 0.481 e. The first-order valence-corrected chi connectivity index (χ1v) is 18.0. The molecule has 0 radical (unpaired) electrons. The molecule has 3 N–H and O–H groups in total. The van der Waals surface area contributed by atoms with Gasteiger partial charge in [-0.05, 0) is 49.9 Å². The number of aliphatic hydroxyl groups excluding tert-OH is 1. The number of β-amino-alcohol motifs (C(OH)–C–C–N with tert-alkyl or cyclic N) is 1. The van der Waals surface area contributed by atoms with Crippen LogP contribution in [-0.2, 0) is 13.5 Å². The van der Waals surface area contributed by atoms with E-state index >= 15 is 0 Å². The number of carbonyl (C=O) groups excluding carboxylic acids is 1. The number of amides is 2. The number of aryl methyl sites for hydroxylation is 3. The van der Waals surface area contributed by atoms with Gasteiger partial charge >= 0.3 is 6.03 Å². The zero-order valence-corrected chi connectivity index (χ0v) is 30.6. The summed E-state index contributed by atoms with van der Waals surface area (Å²) in [6, 6.07) is 15.4. The third-order valence-electron chi connectivity index (χ3n) is 10.5. The molecule has 3 aromatic heterocycles. The van der Waals surface area contributed by atoms with Crippen LogP contribution in [0.4, 0.5) is 16.3 Å². The number of rotatable bonds is 8. The van der Waals surface area contributed by atoms with Gasteiger partial charge in [0, 0.05) is 72.6 Å². The number of fused-ring (bicyclic) bond motifs is 2. The summed E-state index contributed by atoms with van der Waals surface area (Å²) < 4.78 is 7.22. The monoisotopic (exact) mass is 740 g/mol. The molecule has 8 rings (SSSR count). The van der Waals surface area contributed by atoms with Crippen LogP contribution in [0.25, 0.3) is 33.2 Å². The van der Waals surface area contributed by atoms with E-state index in [-0.39, 0.29) is 29.8 Å². The minimum atomic E-state index is -0.323. The first kappa shape index (κ1) is 34.3. The molecule has 14 heteroatoms. The summed E-state index contributed by atoms with van der Waals surface area (Å²) >= 11 is 14.3. The van der Waals surface area contributed by atoms with Gasteiger partial charge in [-0.2, -0.15) is 5.10 Å². The number of aromatic nitrogens is 4. The predicted molar refractivity (Wildman–Crippen MR) is 202 cm³/mol. The molecule has 52 heavy (non-hydrogen) atoms. The van der Waals surface area contributed by atoms with E-state index in [1.165, 1.54) is 4.68 Å². The Kier molecular flexibility index (Phi) is 8.81. The summed E-state index contributed by atoms with van der Waals surface area (Å²) in [6.07, 6.45) is 4.26. The molecule has 2 aromatic carbocycles. The Morgan fingerprint density at radius 3 is 2.62 bits per heavy atom. The van der Waals surface area contributed by atoms with Crippen LogP contribution in [0.15, 0.2) is 59.5 Å². The van der Waals surface area contributed by atoms with Crippen LogP contribution in [0.2, 0.25) is 10.0 Å². The predicted octanol–water partition coefficient (Wildman–Crippen LogP) is 5.87. The lowest BCUT2D eigenvalue weighted by molar-refractivity contribution is 0.193. The SMILES string of the molecule is COc1nc(-c2cccc(-c3cccc(Nc4nc(C)cc5cnn(C)c(=O)c45)c3Cl)c2Cl)cc2c1[C@H](N1CC[C@@]3(CN(CCO)C(=O)N3)C1)CC2. The van der Waals surface area contributed by atoms with Crippen molar-refractivity contribution in [2.24, 2.45) is 7.05 Å². The highest BCUT2D eigenvalue weighted by molar-refractivity contribution is 6.39. The number of anilines is 2. The lowest BCUT2D eigenvalue weighted by Crippen LogP contribution is -2.46. The number of likely N-dealkylation sites (tertiary alicyclic amines) is 1. The van der Waals surface area contributed by atoms with E-state index in [1.807, 2.05) is 49.4 Å². The Hall–Kier alpha value is -4.75. The fourth-order valence-electron chi connectivity index (χ4n) is 8.11. The second-order valence-electron chi connectivity index (χ2n) is 13.8. The van der Waals surface area contributed by atoms with Gasteiger partial charge in [0.15, 0.2) is 0 Å². The summed E-state index contributed by atoms with van der Waals surface area (Å²) in [5, 5.41) is 22.1. The molecule has 2 saturated heterocycles. The quantitative estimate of drug-likeness (QED) is 0.178. The van der Waals surface area contributed by atoms with Crippen LogP contribution in [0, 0.1) is 6.92 Å². The minimum absolute atomic E-state index is 0.0527. The van der Waals surface area contributed by atoms with Crippen molar-refractivity contribution in [3.8, 4) is 28.3 Å². The van der Waals surface area contributed by atoms with E-state index < -0.39 is 0 Å². The summed E-state index contributed by atoms with van der Waals surface area (Å²) in [7, 11) is 3.25. The lowest BCUT2D eigenvalue weighted by Gasteiger charge is -2.28. The Bertz CT molecular complexity index is 2320. The molecule has 1 spiro atoms. The molecule has 2 aliphatic heterocycles. The van der Waals surface area contributed by atoms with E-state index in [1.54, 1.807) is 25.3 Å². The van der Waals surface area contributed by atoms with Crippen molar-refractivity contribution < 1.29 is 14.6 Å². The van der Waals surface area contributed by atoms with Gasteiger partial charge in [0.2, 0.25) is 5.88 Å². The Morgan fingerprint density at radius 2 is 1.83 bits per heavy atom. The highest BCUT2D eigenvalue weighted by Gasteiger charge is 2.49. The molecule has 1 aliphatic carbocycles. The zero-order chi connectivity index (χ0) is 36.3. The fraction of sp³-hybridized carbons (Fsp3) is 0.342. The molecule has 5 aromatic rings. The van der Waals surface area contributed by atoms with Crippen LogP contribution < -0.4 is 20.9 Å². The molecule has 12 nitrogen and oxygen atoms in total. The van der Waals surface area contributed by atoms with E-state index in [9.17, 15) is 14.7 Å². The van der Waals surface area contributed by atoms with Crippen molar-refractivity contribution in [1.29, 1.82) is 0 Å². The third-order valence-corrected chi connectivity index (χ3v) is 11.4. The van der Waals surface area contributed by atoms with Crippen molar-refractivity contribution in [2.45, 2.75) is 37.8 Å². The van der Waals surface area contributed by atoms with Gasteiger partial charge < -0.3 is 25.4 Å². The minimum Gasteiger partial charge on any atom is -0.481 e. The van der Waals surface area contributed by atoms with Crippen LogP contribution in [0.1, 0.15) is 35.7 Å². The Morgan fingerprint density at radius 1 is 1.06 bits per heavy atom. The maximum Gasteiger partial charge on any atom is 0.318 e. The van der Waals surface area contributed by atoms with Crippen molar-refractivity contribution in [1.82, 2.24) is 34.9 Å². The number of hydrogen-bond acceptors (Lipinski definition) is 9. The fourth-order valence-corrected chi connectivity index (χ4v) is 8.71. The van der Waals surface area contributed by atoms with E-state index in [4.69, 9.17) is 32.9 Å². The Labute approximate surface area is 310 Å². The summed E-state index contributed by atoms with van der Waals surface area (Å²) in [6.45, 7) is 4.30. The van der Waals surface area contributed by atoms with Gasteiger partial charge in [0.05, 0.1) is 52.3 Å². The number of carbonyl (C=O) groups is 1. The van der Waals surface area contributed by atoms with Gasteiger partial charge in [0.25, 0.3) is 5.56 Å². The molecule has 0 unspecified atom stereocenters. The maximum absolute atomic E-state index is 13.1. The molecule has 268 valence electrons. The van der Waals surface area contributed by atoms with Crippen LogP contribution in [0.3, 0.4) is 0 Å². The number of methoxy groups -OCH3 is 1. The summed E-state index contributed by atoms with van der Waals surface area (Å²) in [4.78, 5) is 39.4. The average Bonchev–Trinajstić information content (AvgIpc) is 3.83. The van der Waals surface area contributed by atoms with Crippen LogP contribution >= 0.6 is 23.2 Å². The molecule has 0 bridgehead atoms. The van der Waals surface area contributed by atoms with Gasteiger partial charge in [0.1, 0.15) is 5.82 Å². The first-order valence-electron chi connectivity index (χ1n) is 17.3. The highest BCUT2D eigenvalue weighted by atomic mass is 35.5. The van der Waals surface area contributed by atoms with Gasteiger partial charge in [-0.15, -0.1) is 0 Å². The number of nitrogens with one attached hydrogen (secondary N) is 2. The molecule has 0 saturated carbocycles. The average molecular weight is 742 g/mol.